The summed E-state index contributed by atoms with van der Waals surface area (Å²) in [5.74, 6) is 2.07. The number of benzene rings is 1. The zero-order valence-corrected chi connectivity index (χ0v) is 20.6. The SMILES string of the molecule is CC.CC.CN1C(=O)CCc2cc(OCCCCc3nnnn3C3CCCCC3)ccc21. The number of amides is 1. The largest absolute Gasteiger partial charge is 0.494 e. The van der Waals surface area contributed by atoms with Gasteiger partial charge in [-0.25, -0.2) is 4.68 Å². The summed E-state index contributed by atoms with van der Waals surface area (Å²) in [7, 11) is 1.84. The average Bonchev–Trinajstić information content (AvgIpc) is 3.33. The summed E-state index contributed by atoms with van der Waals surface area (Å²) in [5.41, 5.74) is 2.18. The molecular formula is C25H41N5O2. The maximum Gasteiger partial charge on any atom is 0.227 e. The molecule has 1 aliphatic heterocycles. The van der Waals surface area contributed by atoms with Crippen molar-refractivity contribution in [3.8, 4) is 5.75 Å². The first kappa shape index (κ1) is 25.8. The first-order valence-corrected chi connectivity index (χ1v) is 12.5. The normalized spacial score (nSPS) is 15.8. The molecule has 0 saturated heterocycles. The van der Waals surface area contributed by atoms with Crippen molar-refractivity contribution < 1.29 is 9.53 Å². The molecule has 1 saturated carbocycles. The van der Waals surface area contributed by atoms with Crippen LogP contribution in [0.2, 0.25) is 0 Å². The van der Waals surface area contributed by atoms with Gasteiger partial charge >= 0.3 is 0 Å². The zero-order chi connectivity index (χ0) is 23.3. The van der Waals surface area contributed by atoms with Crippen LogP contribution in [-0.2, 0) is 17.6 Å². The quantitative estimate of drug-likeness (QED) is 0.525. The number of ether oxygens (including phenoxy) is 1. The van der Waals surface area contributed by atoms with Crippen LogP contribution in [0.3, 0.4) is 0 Å². The summed E-state index contributed by atoms with van der Waals surface area (Å²) in [6, 6.07) is 6.50. The Labute approximate surface area is 193 Å². The molecule has 1 amide bonds. The highest BCUT2D eigenvalue weighted by Crippen LogP contribution is 2.30. The van der Waals surface area contributed by atoms with Gasteiger partial charge in [-0.3, -0.25) is 4.79 Å². The number of tetrazole rings is 1. The van der Waals surface area contributed by atoms with Gasteiger partial charge in [0.05, 0.1) is 12.6 Å². The van der Waals surface area contributed by atoms with Gasteiger partial charge in [-0.1, -0.05) is 47.0 Å². The van der Waals surface area contributed by atoms with E-state index >= 15 is 0 Å². The second-order valence-electron chi connectivity index (χ2n) is 7.88. The zero-order valence-electron chi connectivity index (χ0n) is 20.6. The van der Waals surface area contributed by atoms with E-state index < -0.39 is 0 Å². The van der Waals surface area contributed by atoms with E-state index in [1.807, 2.05) is 46.9 Å². The third kappa shape index (κ3) is 6.78. The molecule has 1 aromatic carbocycles. The molecule has 2 heterocycles. The van der Waals surface area contributed by atoms with Crippen LogP contribution < -0.4 is 9.64 Å². The minimum Gasteiger partial charge on any atom is -0.494 e. The van der Waals surface area contributed by atoms with E-state index in [0.29, 0.717) is 19.1 Å². The van der Waals surface area contributed by atoms with Gasteiger partial charge in [0, 0.05) is 25.6 Å². The Morgan fingerprint density at radius 1 is 1.03 bits per heavy atom. The van der Waals surface area contributed by atoms with E-state index in [-0.39, 0.29) is 5.91 Å². The van der Waals surface area contributed by atoms with Crippen LogP contribution in [-0.4, -0.2) is 39.8 Å². The highest BCUT2D eigenvalue weighted by atomic mass is 16.5. The number of aromatic nitrogens is 4. The lowest BCUT2D eigenvalue weighted by molar-refractivity contribution is -0.118. The van der Waals surface area contributed by atoms with Gasteiger partial charge in [-0.15, -0.1) is 5.10 Å². The Bertz CT molecular complexity index is 814. The lowest BCUT2D eigenvalue weighted by Crippen LogP contribution is -2.30. The molecule has 32 heavy (non-hydrogen) atoms. The van der Waals surface area contributed by atoms with E-state index in [1.54, 1.807) is 4.90 Å². The first-order valence-electron chi connectivity index (χ1n) is 12.5. The number of aryl methyl sites for hydroxylation is 2. The molecule has 2 aliphatic rings. The van der Waals surface area contributed by atoms with Crippen LogP contribution in [0.25, 0.3) is 0 Å². The summed E-state index contributed by atoms with van der Waals surface area (Å²) in [4.78, 5) is 13.5. The van der Waals surface area contributed by atoms with Crippen molar-refractivity contribution in [2.24, 2.45) is 0 Å². The third-order valence-corrected chi connectivity index (χ3v) is 5.94. The molecule has 2 aromatic rings. The standard InChI is InChI=1S/C21H29N5O2.2C2H6/c1-25-19-12-11-18(15-16(19)10-13-21(25)27)28-14-6-5-9-20-22-23-24-26(20)17-7-3-2-4-8-17;2*1-2/h11-12,15,17H,2-10,13-14H2,1H3;2*1-2H3. The number of carbonyl (C=O) groups is 1. The van der Waals surface area contributed by atoms with Crippen molar-refractivity contribution in [1.82, 2.24) is 20.2 Å². The van der Waals surface area contributed by atoms with Gasteiger partial charge in [0.15, 0.2) is 5.82 Å². The smallest absolute Gasteiger partial charge is 0.227 e. The molecule has 4 rings (SSSR count). The minimum absolute atomic E-state index is 0.178. The van der Waals surface area contributed by atoms with Crippen LogP contribution in [0, 0.1) is 0 Å². The number of carbonyl (C=O) groups excluding carboxylic acids is 1. The summed E-state index contributed by atoms with van der Waals surface area (Å²) < 4.78 is 8.00. The molecule has 0 bridgehead atoms. The Morgan fingerprint density at radius 3 is 2.53 bits per heavy atom. The summed E-state index contributed by atoms with van der Waals surface area (Å²) in [6.45, 7) is 8.68. The molecule has 0 atom stereocenters. The van der Waals surface area contributed by atoms with E-state index in [4.69, 9.17) is 4.74 Å². The van der Waals surface area contributed by atoms with E-state index in [9.17, 15) is 4.79 Å². The van der Waals surface area contributed by atoms with Crippen molar-refractivity contribution in [2.75, 3.05) is 18.6 Å². The molecule has 7 nitrogen and oxygen atoms in total. The molecular weight excluding hydrogens is 402 g/mol. The third-order valence-electron chi connectivity index (χ3n) is 5.94. The van der Waals surface area contributed by atoms with Crippen molar-refractivity contribution in [2.45, 2.75) is 97.9 Å². The fourth-order valence-electron chi connectivity index (χ4n) is 4.28. The van der Waals surface area contributed by atoms with Gasteiger partial charge in [0.2, 0.25) is 5.91 Å². The lowest BCUT2D eigenvalue weighted by atomic mass is 9.95. The van der Waals surface area contributed by atoms with Crippen LogP contribution in [0.4, 0.5) is 5.69 Å². The monoisotopic (exact) mass is 443 g/mol. The molecule has 0 spiro atoms. The molecule has 0 N–H and O–H groups in total. The Balaban J connectivity index is 0.000000860. The van der Waals surface area contributed by atoms with Crippen LogP contribution in [0.15, 0.2) is 18.2 Å². The van der Waals surface area contributed by atoms with Gasteiger partial charge in [0.1, 0.15) is 5.75 Å². The Kier molecular flexibility index (Phi) is 11.2. The molecule has 0 unspecified atom stereocenters. The van der Waals surface area contributed by atoms with Gasteiger partial charge in [0.25, 0.3) is 0 Å². The lowest BCUT2D eigenvalue weighted by Gasteiger charge is -2.26. The fraction of sp³-hybridized carbons (Fsp3) is 0.680. The minimum atomic E-state index is 0.178. The predicted molar refractivity (Wildman–Crippen MR) is 129 cm³/mol. The van der Waals surface area contributed by atoms with Gasteiger partial charge in [-0.2, -0.15) is 0 Å². The number of fused-ring (bicyclic) bond motifs is 1. The van der Waals surface area contributed by atoms with Crippen molar-refractivity contribution in [3.05, 3.63) is 29.6 Å². The summed E-state index contributed by atoms with van der Waals surface area (Å²) >= 11 is 0. The number of rotatable bonds is 7. The van der Waals surface area contributed by atoms with E-state index in [1.165, 1.54) is 37.7 Å². The number of hydrogen-bond donors (Lipinski definition) is 0. The maximum atomic E-state index is 11.8. The Hall–Kier alpha value is -2.44. The van der Waals surface area contributed by atoms with Crippen LogP contribution in [0.1, 0.15) is 96.5 Å². The second-order valence-corrected chi connectivity index (χ2v) is 7.88. The number of anilines is 1. The van der Waals surface area contributed by atoms with E-state index in [2.05, 4.69) is 26.3 Å². The van der Waals surface area contributed by atoms with Crippen molar-refractivity contribution in [1.29, 1.82) is 0 Å². The predicted octanol–water partition coefficient (Wildman–Crippen LogP) is 5.54. The van der Waals surface area contributed by atoms with E-state index in [0.717, 1.165) is 42.9 Å². The van der Waals surface area contributed by atoms with Gasteiger partial charge < -0.3 is 9.64 Å². The average molecular weight is 444 g/mol. The summed E-state index contributed by atoms with van der Waals surface area (Å²) in [6.07, 6.45) is 10.5. The Morgan fingerprint density at radius 2 is 1.78 bits per heavy atom. The highest BCUT2D eigenvalue weighted by molar-refractivity contribution is 5.95. The second kappa shape index (κ2) is 13.9. The highest BCUT2D eigenvalue weighted by Gasteiger charge is 2.21. The molecule has 1 aromatic heterocycles. The maximum absolute atomic E-state index is 11.8. The topological polar surface area (TPSA) is 73.1 Å². The summed E-state index contributed by atoms with van der Waals surface area (Å²) in [5, 5.41) is 12.4. The van der Waals surface area contributed by atoms with Crippen LogP contribution >= 0.6 is 0 Å². The van der Waals surface area contributed by atoms with Gasteiger partial charge in [-0.05, 0) is 66.3 Å². The number of hydrogen-bond acceptors (Lipinski definition) is 5. The van der Waals surface area contributed by atoms with Crippen LogP contribution in [0.5, 0.6) is 5.75 Å². The molecule has 178 valence electrons. The molecule has 1 aliphatic carbocycles. The first-order chi connectivity index (χ1) is 15.7. The molecule has 0 radical (unpaired) electrons. The van der Waals surface area contributed by atoms with Crippen molar-refractivity contribution in [3.63, 3.8) is 0 Å². The number of unbranched alkanes of at least 4 members (excludes halogenated alkanes) is 1. The molecule has 7 heteroatoms. The van der Waals surface area contributed by atoms with Crippen molar-refractivity contribution >= 4 is 11.6 Å². The molecule has 1 fully saturated rings. The fourth-order valence-corrected chi connectivity index (χ4v) is 4.28. The number of nitrogens with zero attached hydrogens (tertiary/aromatic N) is 5.